The van der Waals surface area contributed by atoms with Gasteiger partial charge in [0.2, 0.25) is 0 Å². The molecular weight excluding hydrogens is 813 g/mol. The predicted molar refractivity (Wildman–Crippen MR) is 277 cm³/mol. The van der Waals surface area contributed by atoms with Gasteiger partial charge in [0.15, 0.2) is 11.6 Å². The Labute approximate surface area is 396 Å². The highest BCUT2D eigenvalue weighted by molar-refractivity contribution is 6.09. The lowest BCUT2D eigenvalue weighted by Gasteiger charge is -2.34. The van der Waals surface area contributed by atoms with Gasteiger partial charge in [0.25, 0.3) is 0 Å². The zero-order valence-electron chi connectivity index (χ0n) is 38.9. The Bertz CT molecular complexity index is 3090. The SMILES string of the molecule is Cc1ccc(C#Cc2cccc(CC(=O)c3ccc(C)cc3)c2)cc1.Cc1ccc(C(=O)c2ccccc2)cc1.Cc1ccc(C2(c3ccc(C)cc3)c3ccccc3-c3ccccc32)cc1. The Morgan fingerprint density at radius 3 is 1.28 bits per heavy atom. The minimum Gasteiger partial charge on any atom is -0.294 e. The van der Waals surface area contributed by atoms with E-state index in [1.54, 1.807) is 0 Å². The summed E-state index contributed by atoms with van der Waals surface area (Å²) in [7, 11) is 0. The summed E-state index contributed by atoms with van der Waals surface area (Å²) >= 11 is 0. The van der Waals surface area contributed by atoms with E-state index in [1.807, 2.05) is 129 Å². The van der Waals surface area contributed by atoms with E-state index in [-0.39, 0.29) is 17.0 Å². The summed E-state index contributed by atoms with van der Waals surface area (Å²) < 4.78 is 0. The molecule has 0 saturated carbocycles. The zero-order valence-corrected chi connectivity index (χ0v) is 38.9. The standard InChI is InChI=1S/C27H22.C24H20O.C14H12O/c1-19-11-15-21(16-12-19)27(22-17-13-20(2)14-18-22)25-9-5-3-7-23(25)24-8-4-6-10-26(24)27;1-18-6-10-20(11-7-18)12-13-21-4-3-5-22(16-21)17-24(25)23-14-8-19(2)9-15-23;1-11-7-9-13(10-8-11)14(15)12-5-3-2-4-6-12/h3-18H,1-2H3;3-11,14-16H,17H2,1-2H3;2-10H,1H3. The molecule has 1 aliphatic rings. The first-order valence-electron chi connectivity index (χ1n) is 22.9. The number of carbonyl (C=O) groups excluding carboxylic acids is 2. The van der Waals surface area contributed by atoms with Crippen molar-refractivity contribution in [3.63, 3.8) is 0 Å². The van der Waals surface area contributed by atoms with Crippen LogP contribution in [0.4, 0.5) is 0 Å². The molecule has 0 spiro atoms. The van der Waals surface area contributed by atoms with Gasteiger partial charge in [-0.25, -0.2) is 0 Å². The zero-order chi connectivity index (χ0) is 46.8. The van der Waals surface area contributed by atoms with Crippen LogP contribution >= 0.6 is 0 Å². The number of carbonyl (C=O) groups is 2. The van der Waals surface area contributed by atoms with E-state index in [2.05, 4.69) is 142 Å². The third-order valence-electron chi connectivity index (χ3n) is 12.3. The highest BCUT2D eigenvalue weighted by Crippen LogP contribution is 2.55. The van der Waals surface area contributed by atoms with Gasteiger partial charge in [-0.3, -0.25) is 9.59 Å². The molecule has 67 heavy (non-hydrogen) atoms. The van der Waals surface area contributed by atoms with Gasteiger partial charge in [-0.1, -0.05) is 240 Å². The van der Waals surface area contributed by atoms with Gasteiger partial charge in [-0.2, -0.15) is 0 Å². The van der Waals surface area contributed by atoms with Crippen molar-refractivity contribution >= 4 is 11.6 Å². The number of hydrogen-bond acceptors (Lipinski definition) is 2. The molecule has 0 amide bonds. The third-order valence-corrected chi connectivity index (χ3v) is 12.3. The minimum atomic E-state index is -0.269. The van der Waals surface area contributed by atoms with Gasteiger partial charge in [0, 0.05) is 34.2 Å². The summed E-state index contributed by atoms with van der Waals surface area (Å²) in [6.07, 6.45) is 0.392. The van der Waals surface area contributed by atoms with Crippen molar-refractivity contribution in [2.45, 2.75) is 46.5 Å². The summed E-state index contributed by atoms with van der Waals surface area (Å²) in [5.41, 5.74) is 19.1. The van der Waals surface area contributed by atoms with Crippen LogP contribution in [0.1, 0.15) is 93.0 Å². The Morgan fingerprint density at radius 2 is 0.776 bits per heavy atom. The lowest BCUT2D eigenvalue weighted by atomic mass is 9.67. The van der Waals surface area contributed by atoms with Crippen molar-refractivity contribution in [2.24, 2.45) is 0 Å². The first-order chi connectivity index (χ1) is 32.6. The Hall–Kier alpha value is -8.12. The monoisotopic (exact) mass is 866 g/mol. The Balaban J connectivity index is 0.000000142. The van der Waals surface area contributed by atoms with Gasteiger partial charge in [-0.05, 0) is 97.8 Å². The number of ketones is 2. The summed E-state index contributed by atoms with van der Waals surface area (Å²) in [6.45, 7) is 10.4. The van der Waals surface area contributed by atoms with Crippen molar-refractivity contribution in [2.75, 3.05) is 0 Å². The number of aryl methyl sites for hydroxylation is 5. The second-order valence-electron chi connectivity index (χ2n) is 17.4. The highest BCUT2D eigenvalue weighted by atomic mass is 16.1. The molecule has 0 bridgehead atoms. The molecule has 9 aromatic rings. The number of Topliss-reactive ketones (excluding diaryl/α,β-unsaturated/α-hetero) is 1. The second-order valence-corrected chi connectivity index (χ2v) is 17.4. The molecule has 0 fully saturated rings. The van der Waals surface area contributed by atoms with Gasteiger partial charge >= 0.3 is 0 Å². The van der Waals surface area contributed by atoms with Crippen molar-refractivity contribution < 1.29 is 9.59 Å². The predicted octanol–water partition coefficient (Wildman–Crippen LogP) is 15.0. The van der Waals surface area contributed by atoms with Crippen LogP contribution in [0.25, 0.3) is 11.1 Å². The van der Waals surface area contributed by atoms with E-state index >= 15 is 0 Å². The van der Waals surface area contributed by atoms with Crippen LogP contribution in [0, 0.1) is 46.5 Å². The first kappa shape index (κ1) is 45.4. The number of benzene rings is 9. The summed E-state index contributed by atoms with van der Waals surface area (Å²) in [4.78, 5) is 24.4. The maximum atomic E-state index is 12.4. The fourth-order valence-corrected chi connectivity index (χ4v) is 8.66. The topological polar surface area (TPSA) is 34.1 Å². The third kappa shape index (κ3) is 10.6. The van der Waals surface area contributed by atoms with E-state index < -0.39 is 0 Å². The summed E-state index contributed by atoms with van der Waals surface area (Å²) in [6, 6.07) is 76.6. The average molecular weight is 867 g/mol. The van der Waals surface area contributed by atoms with Crippen LogP contribution in [0.2, 0.25) is 0 Å². The lowest BCUT2D eigenvalue weighted by Crippen LogP contribution is -2.28. The molecule has 0 radical (unpaired) electrons. The van der Waals surface area contributed by atoms with Crippen molar-refractivity contribution in [3.05, 3.63) is 308 Å². The second kappa shape index (κ2) is 20.8. The fourth-order valence-electron chi connectivity index (χ4n) is 8.66. The molecule has 2 nitrogen and oxygen atoms in total. The molecule has 0 N–H and O–H groups in total. The quantitative estimate of drug-likeness (QED) is 0.118. The maximum absolute atomic E-state index is 12.4. The fraction of sp³-hybridized carbons (Fsp3) is 0.108. The molecular formula is C65H54O2. The van der Waals surface area contributed by atoms with Crippen LogP contribution < -0.4 is 0 Å². The van der Waals surface area contributed by atoms with Crippen LogP contribution in [0.15, 0.2) is 224 Å². The molecule has 326 valence electrons. The molecule has 10 rings (SSSR count). The van der Waals surface area contributed by atoms with Gasteiger partial charge in [0.05, 0.1) is 5.41 Å². The summed E-state index contributed by atoms with van der Waals surface area (Å²) in [5.74, 6) is 6.56. The van der Waals surface area contributed by atoms with E-state index in [9.17, 15) is 9.59 Å². The molecule has 0 unspecified atom stereocenters. The number of hydrogen-bond donors (Lipinski definition) is 0. The van der Waals surface area contributed by atoms with E-state index in [0.717, 1.165) is 38.9 Å². The smallest absolute Gasteiger partial charge is 0.193 e. The molecule has 0 atom stereocenters. The van der Waals surface area contributed by atoms with Crippen molar-refractivity contribution in [1.29, 1.82) is 0 Å². The number of rotatable bonds is 7. The van der Waals surface area contributed by atoms with Crippen LogP contribution in [-0.4, -0.2) is 11.6 Å². The molecule has 0 heterocycles. The van der Waals surface area contributed by atoms with Crippen molar-refractivity contribution in [1.82, 2.24) is 0 Å². The molecule has 0 saturated heterocycles. The van der Waals surface area contributed by atoms with E-state index in [4.69, 9.17) is 0 Å². The molecule has 0 aromatic heterocycles. The first-order valence-corrected chi connectivity index (χ1v) is 22.9. The Kier molecular flexibility index (Phi) is 14.1. The largest absolute Gasteiger partial charge is 0.294 e. The Morgan fingerprint density at radius 1 is 0.373 bits per heavy atom. The highest BCUT2D eigenvalue weighted by Gasteiger charge is 2.45. The molecule has 1 aliphatic carbocycles. The van der Waals surface area contributed by atoms with Gasteiger partial charge < -0.3 is 0 Å². The molecule has 2 heteroatoms. The average Bonchev–Trinajstić information content (AvgIpc) is 3.66. The van der Waals surface area contributed by atoms with Gasteiger partial charge in [0.1, 0.15) is 0 Å². The van der Waals surface area contributed by atoms with Crippen LogP contribution in [0.3, 0.4) is 0 Å². The normalized spacial score (nSPS) is 11.5. The minimum absolute atomic E-state index is 0.0793. The van der Waals surface area contributed by atoms with Crippen LogP contribution in [-0.2, 0) is 11.8 Å². The summed E-state index contributed by atoms with van der Waals surface area (Å²) in [5, 5.41) is 0. The lowest BCUT2D eigenvalue weighted by molar-refractivity contribution is 0.0991. The van der Waals surface area contributed by atoms with E-state index in [1.165, 1.54) is 55.6 Å². The van der Waals surface area contributed by atoms with Crippen molar-refractivity contribution in [3.8, 4) is 23.0 Å². The number of fused-ring (bicyclic) bond motifs is 3. The molecule has 9 aromatic carbocycles. The van der Waals surface area contributed by atoms with E-state index in [0.29, 0.717) is 6.42 Å². The van der Waals surface area contributed by atoms with Gasteiger partial charge in [-0.15, -0.1) is 0 Å². The molecule has 0 aliphatic heterocycles. The van der Waals surface area contributed by atoms with Crippen LogP contribution in [0.5, 0.6) is 0 Å². The maximum Gasteiger partial charge on any atom is 0.193 e.